The molecule has 1 aromatic heterocycles. The quantitative estimate of drug-likeness (QED) is 0.147. The number of hydrogen-bond donors (Lipinski definition) is 1. The number of ether oxygens (including phenoxy) is 1. The highest BCUT2D eigenvalue weighted by Gasteiger charge is 2.09. The van der Waals surface area contributed by atoms with Gasteiger partial charge < -0.3 is 4.74 Å². The molecule has 0 bridgehead atoms. The van der Waals surface area contributed by atoms with Crippen LogP contribution in [0.25, 0.3) is 11.3 Å². The lowest BCUT2D eigenvalue weighted by molar-refractivity contribution is 0.0735. The predicted molar refractivity (Wildman–Crippen MR) is 127 cm³/mol. The minimum Gasteiger partial charge on any atom is -0.423 e. The third kappa shape index (κ3) is 5.49. The SMILES string of the molecule is O=C(Oc1ccc(/C=N/Nc2nc(-c3ccc(Cl)cc3Cl)cs2)cc1)c1ccccc1. The predicted octanol–water partition coefficient (Wildman–Crippen LogP) is 6.78. The van der Waals surface area contributed by atoms with Gasteiger partial charge in [-0.15, -0.1) is 11.3 Å². The first-order valence-electron chi connectivity index (χ1n) is 9.16. The van der Waals surface area contributed by atoms with Crippen LogP contribution in [0.3, 0.4) is 0 Å². The van der Waals surface area contributed by atoms with Gasteiger partial charge in [0.25, 0.3) is 0 Å². The van der Waals surface area contributed by atoms with Crippen LogP contribution in [0.2, 0.25) is 10.0 Å². The van der Waals surface area contributed by atoms with Crippen molar-refractivity contribution in [2.75, 3.05) is 5.43 Å². The first kappa shape index (κ1) is 21.1. The van der Waals surface area contributed by atoms with E-state index in [-0.39, 0.29) is 0 Å². The second-order valence-corrected chi connectivity index (χ2v) is 8.06. The van der Waals surface area contributed by atoms with Crippen molar-refractivity contribution >= 4 is 51.9 Å². The molecule has 4 rings (SSSR count). The Balaban J connectivity index is 1.35. The smallest absolute Gasteiger partial charge is 0.343 e. The number of esters is 1. The van der Waals surface area contributed by atoms with Crippen LogP contribution in [0.1, 0.15) is 15.9 Å². The van der Waals surface area contributed by atoms with E-state index < -0.39 is 5.97 Å². The van der Waals surface area contributed by atoms with E-state index in [2.05, 4.69) is 15.5 Å². The van der Waals surface area contributed by atoms with E-state index in [4.69, 9.17) is 27.9 Å². The maximum absolute atomic E-state index is 12.1. The molecule has 5 nitrogen and oxygen atoms in total. The Bertz CT molecular complexity index is 1230. The topological polar surface area (TPSA) is 63.6 Å². The number of thiazole rings is 1. The molecule has 0 aliphatic carbocycles. The Morgan fingerprint density at radius 2 is 1.81 bits per heavy atom. The number of benzene rings is 3. The van der Waals surface area contributed by atoms with E-state index in [1.54, 1.807) is 66.9 Å². The number of carbonyl (C=O) groups is 1. The van der Waals surface area contributed by atoms with Crippen LogP contribution in [0.15, 0.2) is 83.3 Å². The second kappa shape index (κ2) is 9.75. The standard InChI is InChI=1S/C23H15Cl2N3O2S/c24-17-8-11-19(20(25)12-17)21-14-31-23(27-21)28-26-13-15-6-9-18(10-7-15)30-22(29)16-4-2-1-3-5-16/h1-14H,(H,27,28)/b26-13+. The van der Waals surface area contributed by atoms with Gasteiger partial charge in [-0.25, -0.2) is 9.78 Å². The fourth-order valence-corrected chi connectivity index (χ4v) is 3.83. The average Bonchev–Trinajstić information content (AvgIpc) is 3.24. The van der Waals surface area contributed by atoms with Crippen molar-refractivity contribution in [1.82, 2.24) is 4.98 Å². The van der Waals surface area contributed by atoms with E-state index in [9.17, 15) is 4.79 Å². The molecule has 0 spiro atoms. The largest absolute Gasteiger partial charge is 0.423 e. The molecule has 4 aromatic rings. The average molecular weight is 468 g/mol. The molecule has 0 amide bonds. The summed E-state index contributed by atoms with van der Waals surface area (Å²) in [6.07, 6.45) is 1.65. The van der Waals surface area contributed by atoms with Crippen molar-refractivity contribution in [2.24, 2.45) is 5.10 Å². The molecule has 154 valence electrons. The van der Waals surface area contributed by atoms with Crippen LogP contribution < -0.4 is 10.2 Å². The van der Waals surface area contributed by atoms with Gasteiger partial charge in [0.15, 0.2) is 0 Å². The van der Waals surface area contributed by atoms with Crippen LogP contribution >= 0.6 is 34.5 Å². The summed E-state index contributed by atoms with van der Waals surface area (Å²) >= 11 is 13.6. The molecule has 0 fully saturated rings. The number of halogens is 2. The number of rotatable bonds is 6. The number of hydrazone groups is 1. The van der Waals surface area contributed by atoms with E-state index in [1.807, 2.05) is 17.5 Å². The number of aromatic nitrogens is 1. The van der Waals surface area contributed by atoms with Crippen LogP contribution in [0.5, 0.6) is 5.75 Å². The van der Waals surface area contributed by atoms with E-state index in [1.165, 1.54) is 11.3 Å². The summed E-state index contributed by atoms with van der Waals surface area (Å²) in [5, 5.41) is 7.85. The maximum Gasteiger partial charge on any atom is 0.343 e. The van der Waals surface area contributed by atoms with E-state index >= 15 is 0 Å². The molecule has 0 aliphatic rings. The summed E-state index contributed by atoms with van der Waals surface area (Å²) in [6, 6.07) is 21.2. The third-order valence-electron chi connectivity index (χ3n) is 4.19. The molecular formula is C23H15Cl2N3O2S. The number of carbonyl (C=O) groups excluding carboxylic acids is 1. The molecule has 1 N–H and O–H groups in total. The van der Waals surface area contributed by atoms with Gasteiger partial charge in [0.1, 0.15) is 5.75 Å². The summed E-state index contributed by atoms with van der Waals surface area (Å²) in [7, 11) is 0. The van der Waals surface area contributed by atoms with Gasteiger partial charge in [-0.05, 0) is 60.2 Å². The molecule has 0 unspecified atom stereocenters. The lowest BCUT2D eigenvalue weighted by Gasteiger charge is -2.04. The number of anilines is 1. The molecule has 31 heavy (non-hydrogen) atoms. The Morgan fingerprint density at radius 1 is 1.03 bits per heavy atom. The van der Waals surface area contributed by atoms with Gasteiger partial charge in [-0.2, -0.15) is 5.10 Å². The summed E-state index contributed by atoms with van der Waals surface area (Å²) in [4.78, 5) is 16.6. The monoisotopic (exact) mass is 467 g/mol. The second-order valence-electron chi connectivity index (χ2n) is 6.36. The molecule has 0 saturated heterocycles. The summed E-state index contributed by atoms with van der Waals surface area (Å²) in [5.74, 6) is 0.0624. The Labute approximate surface area is 192 Å². The van der Waals surface area contributed by atoms with Crippen LogP contribution in [0, 0.1) is 0 Å². The van der Waals surface area contributed by atoms with Crippen molar-refractivity contribution in [3.05, 3.63) is 99.3 Å². The van der Waals surface area contributed by atoms with E-state index in [0.717, 1.165) is 16.8 Å². The highest BCUT2D eigenvalue weighted by Crippen LogP contribution is 2.32. The number of hydrogen-bond acceptors (Lipinski definition) is 6. The zero-order valence-electron chi connectivity index (χ0n) is 16.0. The van der Waals surface area contributed by atoms with Gasteiger partial charge in [0.05, 0.1) is 22.5 Å². The van der Waals surface area contributed by atoms with Gasteiger partial charge in [0.2, 0.25) is 5.13 Å². The van der Waals surface area contributed by atoms with Crippen molar-refractivity contribution in [3.63, 3.8) is 0 Å². The minimum atomic E-state index is -0.399. The highest BCUT2D eigenvalue weighted by molar-refractivity contribution is 7.14. The minimum absolute atomic E-state index is 0.399. The van der Waals surface area contributed by atoms with Gasteiger partial charge >= 0.3 is 5.97 Å². The Morgan fingerprint density at radius 3 is 2.55 bits per heavy atom. The lowest BCUT2D eigenvalue weighted by atomic mass is 10.2. The Hall–Kier alpha value is -3.19. The fourth-order valence-electron chi connectivity index (χ4n) is 2.67. The molecule has 1 heterocycles. The van der Waals surface area contributed by atoms with Crippen molar-refractivity contribution in [3.8, 4) is 17.0 Å². The van der Waals surface area contributed by atoms with Crippen molar-refractivity contribution in [1.29, 1.82) is 0 Å². The first-order chi connectivity index (χ1) is 15.1. The van der Waals surface area contributed by atoms with Gasteiger partial charge in [-0.3, -0.25) is 5.43 Å². The number of nitrogens with one attached hydrogen (secondary N) is 1. The summed E-state index contributed by atoms with van der Waals surface area (Å²) in [6.45, 7) is 0. The molecule has 8 heteroatoms. The van der Waals surface area contributed by atoms with Crippen LogP contribution in [0.4, 0.5) is 5.13 Å². The lowest BCUT2D eigenvalue weighted by Crippen LogP contribution is -2.08. The van der Waals surface area contributed by atoms with Crippen LogP contribution in [-0.4, -0.2) is 17.2 Å². The highest BCUT2D eigenvalue weighted by atomic mass is 35.5. The molecule has 0 atom stereocenters. The van der Waals surface area contributed by atoms with E-state index in [0.29, 0.717) is 26.5 Å². The van der Waals surface area contributed by atoms with Gasteiger partial charge in [-0.1, -0.05) is 41.4 Å². The van der Waals surface area contributed by atoms with Gasteiger partial charge in [0, 0.05) is 16.0 Å². The Kier molecular flexibility index (Phi) is 6.62. The normalized spacial score (nSPS) is 10.9. The zero-order valence-corrected chi connectivity index (χ0v) is 18.3. The molecule has 0 radical (unpaired) electrons. The summed E-state index contributed by atoms with van der Waals surface area (Å²) < 4.78 is 5.36. The molecule has 0 aliphatic heterocycles. The summed E-state index contributed by atoms with van der Waals surface area (Å²) in [5.41, 5.74) is 5.79. The fraction of sp³-hybridized carbons (Fsp3) is 0. The third-order valence-corrected chi connectivity index (χ3v) is 5.48. The molecule has 3 aromatic carbocycles. The maximum atomic E-state index is 12.1. The van der Waals surface area contributed by atoms with Crippen molar-refractivity contribution in [2.45, 2.75) is 0 Å². The first-order valence-corrected chi connectivity index (χ1v) is 10.8. The number of nitrogens with zero attached hydrogens (tertiary/aromatic N) is 2. The molecular weight excluding hydrogens is 453 g/mol. The molecule has 0 saturated carbocycles. The van der Waals surface area contributed by atoms with Crippen molar-refractivity contribution < 1.29 is 9.53 Å². The van der Waals surface area contributed by atoms with Crippen LogP contribution in [-0.2, 0) is 0 Å². The zero-order chi connectivity index (χ0) is 21.6.